The second-order valence-electron chi connectivity index (χ2n) is 5.27. The van der Waals surface area contributed by atoms with Gasteiger partial charge in [-0.05, 0) is 17.7 Å². The van der Waals surface area contributed by atoms with E-state index in [-0.39, 0.29) is 6.04 Å². The highest BCUT2D eigenvalue weighted by Gasteiger charge is 2.34. The van der Waals surface area contributed by atoms with Crippen molar-refractivity contribution in [1.29, 1.82) is 0 Å². The van der Waals surface area contributed by atoms with Gasteiger partial charge in [0.2, 0.25) is 11.8 Å². The van der Waals surface area contributed by atoms with E-state index in [1.807, 2.05) is 0 Å². The minimum absolute atomic E-state index is 0.323. The molecule has 0 bridgehead atoms. The molecule has 4 N–H and O–H groups in total. The van der Waals surface area contributed by atoms with Gasteiger partial charge in [0.05, 0.1) is 18.5 Å². The summed E-state index contributed by atoms with van der Waals surface area (Å²) in [6.07, 6.45) is -4.49. The number of carbonyl (C=O) groups excluding carboxylic acids is 2. The first-order valence-corrected chi connectivity index (χ1v) is 7.49. The highest BCUT2D eigenvalue weighted by molar-refractivity contribution is 6.30. The summed E-state index contributed by atoms with van der Waals surface area (Å²) in [6, 6.07) is 6.58. The fourth-order valence-corrected chi connectivity index (χ4v) is 2.41. The van der Waals surface area contributed by atoms with Gasteiger partial charge in [-0.15, -0.1) is 0 Å². The predicted molar refractivity (Wildman–Crippen MR) is 80.9 cm³/mol. The molecule has 6 nitrogen and oxygen atoms in total. The van der Waals surface area contributed by atoms with Crippen LogP contribution in [0, 0.1) is 5.92 Å². The van der Waals surface area contributed by atoms with Crippen LogP contribution in [0.5, 0.6) is 0 Å². The van der Waals surface area contributed by atoms with Crippen molar-refractivity contribution in [3.05, 3.63) is 34.9 Å². The maximum Gasteiger partial charge on any atom is 0.405 e. The molecular formula is C14H16ClF3N4O2. The van der Waals surface area contributed by atoms with Crippen LogP contribution in [0.3, 0.4) is 0 Å². The van der Waals surface area contributed by atoms with E-state index in [0.29, 0.717) is 11.6 Å². The maximum absolute atomic E-state index is 12.2. The molecule has 2 rings (SSSR count). The van der Waals surface area contributed by atoms with E-state index < -0.39 is 37.0 Å². The van der Waals surface area contributed by atoms with Gasteiger partial charge in [0.1, 0.15) is 6.54 Å². The summed E-state index contributed by atoms with van der Waals surface area (Å²) < 4.78 is 36.0. The predicted octanol–water partition coefficient (Wildman–Crippen LogP) is 0.900. The lowest BCUT2D eigenvalue weighted by molar-refractivity contribution is -0.138. The Morgan fingerprint density at radius 2 is 1.88 bits per heavy atom. The van der Waals surface area contributed by atoms with Gasteiger partial charge in [-0.2, -0.15) is 13.2 Å². The summed E-state index contributed by atoms with van der Waals surface area (Å²) >= 11 is 5.82. The number of halogens is 4. The smallest absolute Gasteiger partial charge is 0.347 e. The Labute approximate surface area is 141 Å². The van der Waals surface area contributed by atoms with Crippen LogP contribution in [0.25, 0.3) is 0 Å². The van der Waals surface area contributed by atoms with Gasteiger partial charge in [0.25, 0.3) is 0 Å². The molecule has 0 aliphatic carbocycles. The van der Waals surface area contributed by atoms with Crippen LogP contribution in [0.1, 0.15) is 11.6 Å². The summed E-state index contributed by atoms with van der Waals surface area (Å²) in [4.78, 5) is 23.5. The first-order valence-electron chi connectivity index (χ1n) is 7.11. The topological polar surface area (TPSA) is 82.3 Å². The van der Waals surface area contributed by atoms with Crippen LogP contribution in [0.4, 0.5) is 13.2 Å². The van der Waals surface area contributed by atoms with E-state index in [2.05, 4.69) is 16.2 Å². The summed E-state index contributed by atoms with van der Waals surface area (Å²) in [5.41, 5.74) is 6.63. The lowest BCUT2D eigenvalue weighted by atomic mass is 9.94. The number of rotatable bonds is 5. The van der Waals surface area contributed by atoms with E-state index in [0.717, 1.165) is 5.56 Å². The fraction of sp³-hybridized carbons (Fsp3) is 0.429. The third kappa shape index (κ3) is 5.36. The number of hydrogen-bond acceptors (Lipinski definition) is 4. The van der Waals surface area contributed by atoms with E-state index in [1.165, 1.54) is 0 Å². The van der Waals surface area contributed by atoms with Crippen molar-refractivity contribution in [2.75, 3.05) is 19.6 Å². The highest BCUT2D eigenvalue weighted by atomic mass is 35.5. The largest absolute Gasteiger partial charge is 0.405 e. The molecule has 10 heteroatoms. The zero-order valence-corrected chi connectivity index (χ0v) is 13.2. The Morgan fingerprint density at radius 1 is 1.21 bits per heavy atom. The van der Waals surface area contributed by atoms with Crippen LogP contribution in [0.2, 0.25) is 5.02 Å². The van der Waals surface area contributed by atoms with Crippen LogP contribution in [-0.2, 0) is 9.59 Å². The van der Waals surface area contributed by atoms with Crippen molar-refractivity contribution in [2.45, 2.75) is 12.2 Å². The lowest BCUT2D eigenvalue weighted by Gasteiger charge is -2.18. The molecule has 0 spiro atoms. The third-order valence-corrected chi connectivity index (χ3v) is 3.71. The Bertz CT molecular complexity index is 595. The summed E-state index contributed by atoms with van der Waals surface area (Å²) in [5.74, 6) is -1.85. The molecule has 1 aromatic rings. The normalized spacial score (nSPS) is 20.7. The van der Waals surface area contributed by atoms with Gasteiger partial charge >= 0.3 is 6.18 Å². The number of hydrogen-bond donors (Lipinski definition) is 4. The quantitative estimate of drug-likeness (QED) is 0.626. The molecule has 1 saturated heterocycles. The standard InChI is InChI=1S/C14H16ClF3N4O2/c15-9-3-1-8(2-4-9)12-10(5-21-22-12)13(24)19-6-11(23)20-7-14(16,17)18/h1-4,10,12,21-22H,5-7H2,(H,19,24)(H,20,23). The number of benzene rings is 1. The molecule has 1 aliphatic rings. The Hall–Kier alpha value is -1.84. The van der Waals surface area contributed by atoms with Gasteiger partial charge in [0, 0.05) is 11.6 Å². The molecular weight excluding hydrogens is 349 g/mol. The molecule has 2 amide bonds. The molecule has 1 aliphatic heterocycles. The molecule has 0 saturated carbocycles. The monoisotopic (exact) mass is 364 g/mol. The Balaban J connectivity index is 1.87. The van der Waals surface area contributed by atoms with Crippen LogP contribution >= 0.6 is 11.6 Å². The van der Waals surface area contributed by atoms with Gasteiger partial charge in [-0.3, -0.25) is 15.0 Å². The molecule has 1 fully saturated rings. The van der Waals surface area contributed by atoms with Gasteiger partial charge in [-0.1, -0.05) is 23.7 Å². The van der Waals surface area contributed by atoms with Crippen molar-refractivity contribution in [3.63, 3.8) is 0 Å². The minimum Gasteiger partial charge on any atom is -0.347 e. The van der Waals surface area contributed by atoms with Gasteiger partial charge in [-0.25, -0.2) is 5.43 Å². The van der Waals surface area contributed by atoms with Crippen molar-refractivity contribution < 1.29 is 22.8 Å². The van der Waals surface area contributed by atoms with Crippen molar-refractivity contribution in [1.82, 2.24) is 21.5 Å². The van der Waals surface area contributed by atoms with E-state index >= 15 is 0 Å². The molecule has 2 atom stereocenters. The zero-order valence-electron chi connectivity index (χ0n) is 12.4. The molecule has 24 heavy (non-hydrogen) atoms. The van der Waals surface area contributed by atoms with Gasteiger partial charge < -0.3 is 10.6 Å². The Morgan fingerprint density at radius 3 is 2.50 bits per heavy atom. The minimum atomic E-state index is -4.49. The average Bonchev–Trinajstić information content (AvgIpc) is 3.00. The maximum atomic E-state index is 12.2. The lowest BCUT2D eigenvalue weighted by Crippen LogP contribution is -2.43. The van der Waals surface area contributed by atoms with Crippen molar-refractivity contribution >= 4 is 23.4 Å². The second-order valence-corrected chi connectivity index (χ2v) is 5.71. The fourth-order valence-electron chi connectivity index (χ4n) is 2.29. The number of carbonyl (C=O) groups is 2. The summed E-state index contributed by atoms with van der Waals surface area (Å²) in [6.45, 7) is -1.62. The number of alkyl halides is 3. The summed E-state index contributed by atoms with van der Waals surface area (Å²) in [5, 5.41) is 4.60. The molecule has 0 radical (unpaired) electrons. The first-order chi connectivity index (χ1) is 11.3. The second kappa shape index (κ2) is 7.82. The van der Waals surface area contributed by atoms with Crippen molar-refractivity contribution in [2.24, 2.45) is 5.92 Å². The first kappa shape index (κ1) is 18.5. The van der Waals surface area contributed by atoms with Crippen LogP contribution in [0.15, 0.2) is 24.3 Å². The SMILES string of the molecule is O=C(CNC(=O)C1CNNC1c1ccc(Cl)cc1)NCC(F)(F)F. The molecule has 132 valence electrons. The number of amides is 2. The number of nitrogens with one attached hydrogen (secondary N) is 4. The van der Waals surface area contributed by atoms with Crippen molar-refractivity contribution in [3.8, 4) is 0 Å². The van der Waals surface area contributed by atoms with E-state index in [9.17, 15) is 22.8 Å². The number of hydrazine groups is 1. The molecule has 1 aromatic carbocycles. The molecule has 0 aromatic heterocycles. The average molecular weight is 365 g/mol. The van der Waals surface area contributed by atoms with Gasteiger partial charge in [0.15, 0.2) is 0 Å². The zero-order chi connectivity index (χ0) is 17.7. The summed E-state index contributed by atoms with van der Waals surface area (Å²) in [7, 11) is 0. The molecule has 2 unspecified atom stereocenters. The van der Waals surface area contributed by atoms with Crippen LogP contribution in [-0.4, -0.2) is 37.6 Å². The molecule has 1 heterocycles. The van der Waals surface area contributed by atoms with E-state index in [4.69, 9.17) is 11.6 Å². The van der Waals surface area contributed by atoms with Crippen LogP contribution < -0.4 is 21.5 Å². The van der Waals surface area contributed by atoms with E-state index in [1.54, 1.807) is 29.6 Å². The Kier molecular flexibility index (Phi) is 6.03. The highest BCUT2D eigenvalue weighted by Crippen LogP contribution is 2.26. The third-order valence-electron chi connectivity index (χ3n) is 3.46.